The zero-order chi connectivity index (χ0) is 30.9. The molecule has 2 aliphatic rings. The normalized spacial score (nSPS) is 15.2. The second kappa shape index (κ2) is 11.5. The van der Waals surface area contributed by atoms with E-state index in [-0.39, 0.29) is 18.0 Å². The van der Waals surface area contributed by atoms with Crippen molar-refractivity contribution in [3.8, 4) is 17.3 Å². The van der Waals surface area contributed by atoms with Crippen molar-refractivity contribution in [2.45, 2.75) is 77.5 Å². The maximum Gasteiger partial charge on any atom is 0.421 e. The summed E-state index contributed by atoms with van der Waals surface area (Å²) in [5.74, 6) is 0.955. The molecule has 2 amide bonds. The van der Waals surface area contributed by atoms with Crippen LogP contribution in [0.15, 0.2) is 48.9 Å². The number of nitrogens with zero attached hydrogens (tertiary/aromatic N) is 6. The summed E-state index contributed by atoms with van der Waals surface area (Å²) in [6, 6.07) is 11.2. The van der Waals surface area contributed by atoms with Crippen LogP contribution in [-0.4, -0.2) is 62.4 Å². The highest BCUT2D eigenvalue weighted by molar-refractivity contribution is 5.94. The Hall–Kier alpha value is -4.72. The lowest BCUT2D eigenvalue weighted by Gasteiger charge is -2.40. The van der Waals surface area contributed by atoms with Crippen LogP contribution < -0.4 is 10.2 Å². The number of hydrogen-bond acceptors (Lipinski definition) is 9. The molecular weight excluding hydrogens is 546 g/mol. The van der Waals surface area contributed by atoms with Gasteiger partial charge in [0.05, 0.1) is 29.1 Å². The largest absolute Gasteiger partial charge is 0.444 e. The van der Waals surface area contributed by atoms with Gasteiger partial charge in [-0.25, -0.2) is 24.5 Å². The Morgan fingerprint density at radius 2 is 1.72 bits per heavy atom. The number of ether oxygens (including phenoxy) is 2. The van der Waals surface area contributed by atoms with Crippen molar-refractivity contribution in [1.29, 1.82) is 5.26 Å². The third-order valence-electron chi connectivity index (χ3n) is 6.73. The van der Waals surface area contributed by atoms with E-state index in [0.717, 1.165) is 29.7 Å². The first-order valence-electron chi connectivity index (χ1n) is 14.4. The van der Waals surface area contributed by atoms with Crippen LogP contribution >= 0.6 is 0 Å². The fourth-order valence-corrected chi connectivity index (χ4v) is 4.61. The molecule has 1 saturated carbocycles. The number of hydrogen-bond donors (Lipinski definition) is 1. The Morgan fingerprint density at radius 3 is 2.37 bits per heavy atom. The molecule has 1 aliphatic heterocycles. The summed E-state index contributed by atoms with van der Waals surface area (Å²) in [4.78, 5) is 42.6. The van der Waals surface area contributed by atoms with Gasteiger partial charge in [0, 0.05) is 37.2 Å². The van der Waals surface area contributed by atoms with E-state index in [1.807, 2.05) is 39.0 Å². The Bertz CT molecular complexity index is 1560. The number of rotatable bonds is 6. The minimum absolute atomic E-state index is 0.0621. The highest BCUT2D eigenvalue weighted by Gasteiger charge is 2.34. The van der Waals surface area contributed by atoms with E-state index < -0.39 is 17.3 Å². The second-order valence-electron chi connectivity index (χ2n) is 12.9. The molecule has 3 aromatic heterocycles. The maximum absolute atomic E-state index is 13.6. The average molecular weight is 584 g/mol. The molecular formula is C32H37N7O4. The quantitative estimate of drug-likeness (QED) is 0.350. The highest BCUT2D eigenvalue weighted by Crippen LogP contribution is 2.43. The van der Waals surface area contributed by atoms with Crippen LogP contribution in [0.1, 0.15) is 71.4 Å². The van der Waals surface area contributed by atoms with Crippen LogP contribution in [-0.2, 0) is 9.47 Å². The fourth-order valence-electron chi connectivity index (χ4n) is 4.61. The number of nitriles is 1. The third kappa shape index (κ3) is 7.57. The van der Waals surface area contributed by atoms with Crippen LogP contribution in [0.2, 0.25) is 0 Å². The van der Waals surface area contributed by atoms with Crippen LogP contribution in [0, 0.1) is 11.3 Å². The number of carbonyl (C=O) groups is 2. The molecule has 0 spiro atoms. The van der Waals surface area contributed by atoms with Crippen molar-refractivity contribution in [3.05, 3.63) is 60.0 Å². The monoisotopic (exact) mass is 583 g/mol. The number of aromatic nitrogens is 3. The standard InChI is InChI=1S/C32H37N7O4/c1-31(2,3)42-29(40)38-18-25(19-38)36-24-12-23(16-34-17-24)26-13-22(21-7-8-21)14-28(37-26)39(30(41)43-32(4,5)6)27-11-20(15-33)9-10-35-27/h9-14,16-17,21,25,36H,7-8,18-19H2,1-6H3. The van der Waals surface area contributed by atoms with Gasteiger partial charge >= 0.3 is 12.2 Å². The molecule has 5 rings (SSSR count). The Balaban J connectivity index is 1.43. The Labute approximate surface area is 251 Å². The van der Waals surface area contributed by atoms with Crippen molar-refractivity contribution in [1.82, 2.24) is 19.9 Å². The van der Waals surface area contributed by atoms with Crippen molar-refractivity contribution in [2.75, 3.05) is 23.3 Å². The fraction of sp³-hybridized carbons (Fsp3) is 0.438. The average Bonchev–Trinajstić information content (AvgIpc) is 3.74. The zero-order valence-corrected chi connectivity index (χ0v) is 25.4. The third-order valence-corrected chi connectivity index (χ3v) is 6.73. The topological polar surface area (TPSA) is 134 Å². The van der Waals surface area contributed by atoms with Crippen molar-refractivity contribution < 1.29 is 19.1 Å². The van der Waals surface area contributed by atoms with Crippen LogP contribution in [0.4, 0.5) is 26.9 Å². The van der Waals surface area contributed by atoms with E-state index in [1.165, 1.54) is 11.1 Å². The SMILES string of the molecule is CC(C)(C)OC(=O)N1CC(Nc2cncc(-c3cc(C4CC4)cc(N(C(=O)OC(C)(C)C)c4cc(C#N)ccn4)n3)c2)C1. The lowest BCUT2D eigenvalue weighted by Crippen LogP contribution is -2.57. The smallest absolute Gasteiger partial charge is 0.421 e. The zero-order valence-electron chi connectivity index (χ0n) is 25.4. The van der Waals surface area contributed by atoms with Gasteiger partial charge < -0.3 is 19.7 Å². The van der Waals surface area contributed by atoms with E-state index in [0.29, 0.717) is 36.1 Å². The first-order valence-corrected chi connectivity index (χ1v) is 14.4. The van der Waals surface area contributed by atoms with Crippen molar-refractivity contribution in [2.24, 2.45) is 0 Å². The molecule has 0 radical (unpaired) electrons. The molecule has 0 aromatic carbocycles. The van der Waals surface area contributed by atoms with Crippen LogP contribution in [0.25, 0.3) is 11.3 Å². The summed E-state index contributed by atoms with van der Waals surface area (Å²) in [6.07, 6.45) is 6.08. The maximum atomic E-state index is 13.6. The Morgan fingerprint density at radius 1 is 1.00 bits per heavy atom. The number of carbonyl (C=O) groups excluding carboxylic acids is 2. The number of nitrogens with one attached hydrogen (secondary N) is 1. The van der Waals surface area contributed by atoms with Gasteiger partial charge in [-0.2, -0.15) is 5.26 Å². The molecule has 0 bridgehead atoms. The highest BCUT2D eigenvalue weighted by atomic mass is 16.6. The minimum Gasteiger partial charge on any atom is -0.444 e. The summed E-state index contributed by atoms with van der Waals surface area (Å²) in [5.41, 5.74) is 2.31. The summed E-state index contributed by atoms with van der Waals surface area (Å²) >= 11 is 0. The number of amides is 2. The van der Waals surface area contributed by atoms with Crippen LogP contribution in [0.3, 0.4) is 0 Å². The molecule has 2 fully saturated rings. The summed E-state index contributed by atoms with van der Waals surface area (Å²) < 4.78 is 11.2. The first-order chi connectivity index (χ1) is 20.3. The number of likely N-dealkylation sites (tertiary alicyclic amines) is 1. The predicted molar refractivity (Wildman–Crippen MR) is 162 cm³/mol. The molecule has 11 nitrogen and oxygen atoms in total. The van der Waals surface area contributed by atoms with E-state index in [2.05, 4.69) is 21.4 Å². The lowest BCUT2D eigenvalue weighted by atomic mass is 10.1. The molecule has 1 saturated heterocycles. The van der Waals surface area contributed by atoms with Gasteiger partial charge in [0.15, 0.2) is 0 Å². The molecule has 0 atom stereocenters. The van der Waals surface area contributed by atoms with Gasteiger partial charge in [-0.3, -0.25) is 4.98 Å². The Kier molecular flexibility index (Phi) is 7.97. The van der Waals surface area contributed by atoms with Crippen molar-refractivity contribution >= 4 is 29.5 Å². The van der Waals surface area contributed by atoms with Gasteiger partial charge in [-0.15, -0.1) is 0 Å². The molecule has 224 valence electrons. The van der Waals surface area contributed by atoms with E-state index in [9.17, 15) is 14.9 Å². The van der Waals surface area contributed by atoms with Crippen LogP contribution in [0.5, 0.6) is 0 Å². The van der Waals surface area contributed by atoms with Gasteiger partial charge in [-0.05, 0) is 96.2 Å². The summed E-state index contributed by atoms with van der Waals surface area (Å²) in [7, 11) is 0. The number of anilines is 3. The molecule has 0 unspecified atom stereocenters. The van der Waals surface area contributed by atoms with E-state index >= 15 is 0 Å². The van der Waals surface area contributed by atoms with E-state index in [4.69, 9.17) is 14.5 Å². The summed E-state index contributed by atoms with van der Waals surface area (Å²) in [5, 5.41) is 12.9. The number of pyridine rings is 3. The molecule has 1 N–H and O–H groups in total. The second-order valence-corrected chi connectivity index (χ2v) is 12.9. The molecule has 43 heavy (non-hydrogen) atoms. The molecule has 3 aromatic rings. The first kappa shape index (κ1) is 29.8. The van der Waals surface area contributed by atoms with Gasteiger partial charge in [-0.1, -0.05) is 0 Å². The lowest BCUT2D eigenvalue weighted by molar-refractivity contribution is 0.0105. The summed E-state index contributed by atoms with van der Waals surface area (Å²) in [6.45, 7) is 12.0. The molecule has 4 heterocycles. The predicted octanol–water partition coefficient (Wildman–Crippen LogP) is 6.39. The van der Waals surface area contributed by atoms with Crippen molar-refractivity contribution in [3.63, 3.8) is 0 Å². The van der Waals surface area contributed by atoms with E-state index in [1.54, 1.807) is 50.2 Å². The minimum atomic E-state index is -0.760. The van der Waals surface area contributed by atoms with Gasteiger partial charge in [0.1, 0.15) is 22.8 Å². The molecule has 1 aliphatic carbocycles. The van der Waals surface area contributed by atoms with Gasteiger partial charge in [0.25, 0.3) is 0 Å². The molecule has 11 heteroatoms. The van der Waals surface area contributed by atoms with Gasteiger partial charge in [0.2, 0.25) is 0 Å².